The highest BCUT2D eigenvalue weighted by atomic mass is 35.5. The summed E-state index contributed by atoms with van der Waals surface area (Å²) in [4.78, 5) is 11.9. The second-order valence-corrected chi connectivity index (χ2v) is 4.21. The van der Waals surface area contributed by atoms with Gasteiger partial charge in [-0.15, -0.1) is 0 Å². The highest BCUT2D eigenvalue weighted by molar-refractivity contribution is 6.32. The van der Waals surface area contributed by atoms with E-state index >= 15 is 0 Å². The van der Waals surface area contributed by atoms with E-state index in [4.69, 9.17) is 16.3 Å². The maximum absolute atomic E-state index is 11.9. The van der Waals surface area contributed by atoms with Gasteiger partial charge in [-0.3, -0.25) is 4.79 Å². The number of carbonyl (C=O) groups excluding carboxylic acids is 1. The molecular formula is C12H15ClO3. The van der Waals surface area contributed by atoms with Crippen LogP contribution in [0.25, 0.3) is 0 Å². The van der Waals surface area contributed by atoms with Gasteiger partial charge in [0, 0.05) is 5.56 Å². The molecule has 0 amide bonds. The van der Waals surface area contributed by atoms with Gasteiger partial charge in [-0.1, -0.05) is 18.5 Å². The van der Waals surface area contributed by atoms with E-state index in [-0.39, 0.29) is 5.78 Å². The largest absolute Gasteiger partial charge is 0.495 e. The Morgan fingerprint density at radius 3 is 2.69 bits per heavy atom. The van der Waals surface area contributed by atoms with Crippen LogP contribution in [-0.4, -0.2) is 23.6 Å². The highest BCUT2D eigenvalue weighted by Crippen LogP contribution is 2.27. The standard InChI is InChI=1S/C12H15ClO3/c1-4-12(2,15)11(14)8-5-6-9(13)10(7-8)16-3/h5-7,15H,4H2,1-3H3. The molecule has 0 aliphatic heterocycles. The predicted octanol–water partition coefficient (Wildman–Crippen LogP) is 2.69. The molecule has 1 N–H and O–H groups in total. The fourth-order valence-corrected chi connectivity index (χ4v) is 1.47. The van der Waals surface area contributed by atoms with Gasteiger partial charge in [0.15, 0.2) is 5.78 Å². The Kier molecular flexibility index (Phi) is 3.94. The summed E-state index contributed by atoms with van der Waals surface area (Å²) in [6.45, 7) is 3.25. The summed E-state index contributed by atoms with van der Waals surface area (Å²) in [5.74, 6) is 0.101. The molecule has 0 saturated carbocycles. The molecule has 4 heteroatoms. The van der Waals surface area contributed by atoms with Crippen molar-refractivity contribution in [2.75, 3.05) is 7.11 Å². The summed E-state index contributed by atoms with van der Waals surface area (Å²) in [5.41, 5.74) is -0.952. The molecule has 0 aromatic heterocycles. The van der Waals surface area contributed by atoms with Crippen LogP contribution in [0.4, 0.5) is 0 Å². The van der Waals surface area contributed by atoms with Crippen LogP contribution in [0.15, 0.2) is 18.2 Å². The highest BCUT2D eigenvalue weighted by Gasteiger charge is 2.29. The molecule has 0 fully saturated rings. The number of carbonyl (C=O) groups is 1. The molecule has 0 spiro atoms. The molecule has 0 radical (unpaired) electrons. The number of ether oxygens (including phenoxy) is 1. The quantitative estimate of drug-likeness (QED) is 0.826. The zero-order valence-electron chi connectivity index (χ0n) is 9.58. The molecule has 0 saturated heterocycles. The van der Waals surface area contributed by atoms with Gasteiger partial charge in [0.05, 0.1) is 12.1 Å². The second-order valence-electron chi connectivity index (χ2n) is 3.81. The minimum absolute atomic E-state index is 0.329. The molecule has 3 nitrogen and oxygen atoms in total. The molecule has 16 heavy (non-hydrogen) atoms. The molecule has 1 rings (SSSR count). The third kappa shape index (κ3) is 2.54. The average molecular weight is 243 g/mol. The van der Waals surface area contributed by atoms with Gasteiger partial charge in [0.25, 0.3) is 0 Å². The number of ketones is 1. The van der Waals surface area contributed by atoms with Gasteiger partial charge >= 0.3 is 0 Å². The van der Waals surface area contributed by atoms with E-state index in [0.717, 1.165) is 0 Å². The molecule has 1 unspecified atom stereocenters. The van der Waals surface area contributed by atoms with E-state index in [1.54, 1.807) is 19.1 Å². The summed E-state index contributed by atoms with van der Waals surface area (Å²) < 4.78 is 5.02. The van der Waals surface area contributed by atoms with Crippen molar-refractivity contribution >= 4 is 17.4 Å². The molecule has 1 aromatic carbocycles. The van der Waals surface area contributed by atoms with Crippen molar-refractivity contribution in [3.8, 4) is 5.75 Å². The van der Waals surface area contributed by atoms with Crippen LogP contribution in [0.5, 0.6) is 5.75 Å². The molecule has 0 heterocycles. The lowest BCUT2D eigenvalue weighted by atomic mass is 9.92. The van der Waals surface area contributed by atoms with E-state index < -0.39 is 5.60 Å². The SMILES string of the molecule is CCC(C)(O)C(=O)c1ccc(Cl)c(OC)c1. The van der Waals surface area contributed by atoms with Crippen LogP contribution in [0.2, 0.25) is 5.02 Å². The van der Waals surface area contributed by atoms with E-state index in [2.05, 4.69) is 0 Å². The van der Waals surface area contributed by atoms with Crippen molar-refractivity contribution in [3.05, 3.63) is 28.8 Å². The normalized spacial score (nSPS) is 14.3. The fraction of sp³-hybridized carbons (Fsp3) is 0.417. The summed E-state index contributed by atoms with van der Waals surface area (Å²) in [6, 6.07) is 4.70. The lowest BCUT2D eigenvalue weighted by Gasteiger charge is -2.19. The summed E-state index contributed by atoms with van der Waals surface area (Å²) in [6.07, 6.45) is 0.358. The first-order valence-corrected chi connectivity index (χ1v) is 5.41. The topological polar surface area (TPSA) is 46.5 Å². The van der Waals surface area contributed by atoms with Crippen LogP contribution in [0.3, 0.4) is 0 Å². The number of benzene rings is 1. The smallest absolute Gasteiger partial charge is 0.194 e. The van der Waals surface area contributed by atoms with Gasteiger partial charge in [0.2, 0.25) is 0 Å². The summed E-state index contributed by atoms with van der Waals surface area (Å²) in [5, 5.41) is 10.3. The lowest BCUT2D eigenvalue weighted by molar-refractivity contribution is 0.0390. The van der Waals surface area contributed by atoms with Crippen molar-refractivity contribution in [2.45, 2.75) is 25.9 Å². The van der Waals surface area contributed by atoms with Gasteiger partial charge in [-0.25, -0.2) is 0 Å². The van der Waals surface area contributed by atoms with Gasteiger partial charge in [0.1, 0.15) is 11.4 Å². The van der Waals surface area contributed by atoms with Crippen molar-refractivity contribution in [3.63, 3.8) is 0 Å². The minimum atomic E-state index is -1.35. The van der Waals surface area contributed by atoms with Crippen LogP contribution in [0.1, 0.15) is 30.6 Å². The Labute approximate surface area is 100.0 Å². The summed E-state index contributed by atoms with van der Waals surface area (Å²) >= 11 is 5.85. The van der Waals surface area contributed by atoms with Crippen LogP contribution >= 0.6 is 11.6 Å². The lowest BCUT2D eigenvalue weighted by Crippen LogP contribution is -2.34. The van der Waals surface area contributed by atoms with E-state index in [1.165, 1.54) is 20.1 Å². The number of hydrogen-bond donors (Lipinski definition) is 1. The van der Waals surface area contributed by atoms with Crippen molar-refractivity contribution < 1.29 is 14.6 Å². The molecule has 0 aliphatic rings. The van der Waals surface area contributed by atoms with Crippen molar-refractivity contribution in [1.82, 2.24) is 0 Å². The van der Waals surface area contributed by atoms with Gasteiger partial charge in [-0.2, -0.15) is 0 Å². The molecule has 1 atom stereocenters. The number of aliphatic hydroxyl groups is 1. The maximum Gasteiger partial charge on any atom is 0.194 e. The third-order valence-corrected chi connectivity index (χ3v) is 2.90. The molecular weight excluding hydrogens is 228 g/mol. The number of halogens is 1. The van der Waals surface area contributed by atoms with Gasteiger partial charge < -0.3 is 9.84 Å². The monoisotopic (exact) mass is 242 g/mol. The third-order valence-electron chi connectivity index (χ3n) is 2.59. The Morgan fingerprint density at radius 1 is 1.56 bits per heavy atom. The zero-order valence-corrected chi connectivity index (χ0v) is 10.3. The fourth-order valence-electron chi connectivity index (χ4n) is 1.27. The van der Waals surface area contributed by atoms with E-state index in [1.807, 2.05) is 0 Å². The Morgan fingerprint density at radius 2 is 2.19 bits per heavy atom. The van der Waals surface area contributed by atoms with E-state index in [9.17, 15) is 9.90 Å². The first-order chi connectivity index (χ1) is 7.42. The Bertz CT molecular complexity index is 399. The predicted molar refractivity (Wildman–Crippen MR) is 63.2 cm³/mol. The first-order valence-electron chi connectivity index (χ1n) is 5.03. The summed E-state index contributed by atoms with van der Waals surface area (Å²) in [7, 11) is 1.48. The number of rotatable bonds is 4. The average Bonchev–Trinajstić information content (AvgIpc) is 2.28. The molecule has 0 bridgehead atoms. The Hall–Kier alpha value is -1.06. The van der Waals surface area contributed by atoms with Crippen LogP contribution in [0, 0.1) is 0 Å². The Balaban J connectivity index is 3.10. The van der Waals surface area contributed by atoms with Crippen LogP contribution in [-0.2, 0) is 0 Å². The number of hydrogen-bond acceptors (Lipinski definition) is 3. The number of Topliss-reactive ketones (excluding diaryl/α,β-unsaturated/α-hetero) is 1. The minimum Gasteiger partial charge on any atom is -0.495 e. The zero-order chi connectivity index (χ0) is 12.3. The molecule has 0 aliphatic carbocycles. The van der Waals surface area contributed by atoms with Crippen molar-refractivity contribution in [2.24, 2.45) is 0 Å². The van der Waals surface area contributed by atoms with E-state index in [0.29, 0.717) is 22.8 Å². The second kappa shape index (κ2) is 4.85. The molecule has 1 aromatic rings. The van der Waals surface area contributed by atoms with Gasteiger partial charge in [-0.05, 0) is 31.5 Å². The number of methoxy groups -OCH3 is 1. The first kappa shape index (κ1) is 13.0. The van der Waals surface area contributed by atoms with Crippen LogP contribution < -0.4 is 4.74 Å². The molecule has 88 valence electrons. The van der Waals surface area contributed by atoms with Crippen molar-refractivity contribution in [1.29, 1.82) is 0 Å². The maximum atomic E-state index is 11.9.